The SMILES string of the molecule is CC(C)(C)c1ccc(C2CC(c3cccnc3)NN2)cc1. The van der Waals surface area contributed by atoms with Gasteiger partial charge in [-0.15, -0.1) is 0 Å². The van der Waals surface area contributed by atoms with E-state index in [9.17, 15) is 0 Å². The standard InChI is InChI=1S/C18H23N3/c1-18(2,3)15-8-6-13(7-9-15)16-11-17(21-20-16)14-5-4-10-19-12-14/h4-10,12,16-17,20-21H,11H2,1-3H3. The van der Waals surface area contributed by atoms with Gasteiger partial charge in [-0.2, -0.15) is 0 Å². The number of nitrogens with one attached hydrogen (secondary N) is 2. The van der Waals surface area contributed by atoms with Gasteiger partial charge in [0.2, 0.25) is 0 Å². The van der Waals surface area contributed by atoms with Crippen LogP contribution in [0.3, 0.4) is 0 Å². The summed E-state index contributed by atoms with van der Waals surface area (Å²) in [5.74, 6) is 0. The number of benzene rings is 1. The zero-order valence-electron chi connectivity index (χ0n) is 12.9. The molecule has 3 nitrogen and oxygen atoms in total. The molecule has 1 aliphatic heterocycles. The van der Waals surface area contributed by atoms with E-state index < -0.39 is 0 Å². The predicted molar refractivity (Wildman–Crippen MR) is 85.7 cm³/mol. The highest BCUT2D eigenvalue weighted by Crippen LogP contribution is 2.31. The van der Waals surface area contributed by atoms with Crippen molar-refractivity contribution in [3.05, 3.63) is 65.5 Å². The number of pyridine rings is 1. The molecule has 2 heterocycles. The molecule has 2 N–H and O–H groups in total. The summed E-state index contributed by atoms with van der Waals surface area (Å²) in [4.78, 5) is 4.20. The van der Waals surface area contributed by atoms with Crippen LogP contribution >= 0.6 is 0 Å². The van der Waals surface area contributed by atoms with Crippen molar-refractivity contribution in [1.82, 2.24) is 15.8 Å². The van der Waals surface area contributed by atoms with Crippen LogP contribution in [0.15, 0.2) is 48.8 Å². The van der Waals surface area contributed by atoms with Crippen molar-refractivity contribution in [3.8, 4) is 0 Å². The molecule has 1 aromatic heterocycles. The Balaban J connectivity index is 1.72. The van der Waals surface area contributed by atoms with E-state index in [4.69, 9.17) is 0 Å². The first-order chi connectivity index (χ1) is 10.0. The van der Waals surface area contributed by atoms with Gasteiger partial charge < -0.3 is 0 Å². The first kappa shape index (κ1) is 14.2. The Morgan fingerprint density at radius 2 is 1.62 bits per heavy atom. The predicted octanol–water partition coefficient (Wildman–Crippen LogP) is 3.66. The number of rotatable bonds is 2. The number of nitrogens with zero attached hydrogens (tertiary/aromatic N) is 1. The molecule has 0 amide bonds. The molecule has 0 radical (unpaired) electrons. The van der Waals surface area contributed by atoms with Gasteiger partial charge in [-0.25, -0.2) is 10.9 Å². The highest BCUT2D eigenvalue weighted by atomic mass is 15.4. The van der Waals surface area contributed by atoms with Gasteiger partial charge in [-0.3, -0.25) is 4.98 Å². The highest BCUT2D eigenvalue weighted by Gasteiger charge is 2.26. The fourth-order valence-corrected chi connectivity index (χ4v) is 2.79. The van der Waals surface area contributed by atoms with Crippen LogP contribution < -0.4 is 10.9 Å². The minimum absolute atomic E-state index is 0.206. The number of aromatic nitrogens is 1. The van der Waals surface area contributed by atoms with Crippen molar-refractivity contribution in [2.45, 2.75) is 44.7 Å². The Morgan fingerprint density at radius 1 is 0.952 bits per heavy atom. The molecule has 21 heavy (non-hydrogen) atoms. The van der Waals surface area contributed by atoms with E-state index in [1.54, 1.807) is 0 Å². The molecular formula is C18H23N3. The van der Waals surface area contributed by atoms with Crippen molar-refractivity contribution in [2.75, 3.05) is 0 Å². The maximum absolute atomic E-state index is 4.20. The first-order valence-corrected chi connectivity index (χ1v) is 7.55. The first-order valence-electron chi connectivity index (χ1n) is 7.55. The fourth-order valence-electron chi connectivity index (χ4n) is 2.79. The van der Waals surface area contributed by atoms with E-state index in [1.165, 1.54) is 16.7 Å². The summed E-state index contributed by atoms with van der Waals surface area (Å²) in [7, 11) is 0. The molecule has 0 spiro atoms. The van der Waals surface area contributed by atoms with Gasteiger partial charge in [0, 0.05) is 24.5 Å². The Kier molecular flexibility index (Phi) is 3.79. The van der Waals surface area contributed by atoms with Gasteiger partial charge in [0.25, 0.3) is 0 Å². The molecule has 1 aliphatic rings. The average Bonchev–Trinajstić information content (AvgIpc) is 2.97. The van der Waals surface area contributed by atoms with Crippen LogP contribution in [0.25, 0.3) is 0 Å². The minimum atomic E-state index is 0.206. The molecule has 0 aliphatic carbocycles. The summed E-state index contributed by atoms with van der Waals surface area (Å²) in [5, 5.41) is 0. The molecule has 0 saturated carbocycles. The number of hydrazine groups is 1. The van der Waals surface area contributed by atoms with Crippen molar-refractivity contribution >= 4 is 0 Å². The van der Waals surface area contributed by atoms with E-state index in [0.29, 0.717) is 12.1 Å². The molecule has 110 valence electrons. The van der Waals surface area contributed by atoms with Crippen LogP contribution in [0.2, 0.25) is 0 Å². The summed E-state index contributed by atoms with van der Waals surface area (Å²) in [6.45, 7) is 6.74. The second-order valence-corrected chi connectivity index (χ2v) is 6.79. The molecule has 2 unspecified atom stereocenters. The maximum atomic E-state index is 4.20. The van der Waals surface area contributed by atoms with Gasteiger partial charge in [-0.1, -0.05) is 51.1 Å². The lowest BCUT2D eigenvalue weighted by Crippen LogP contribution is -2.26. The van der Waals surface area contributed by atoms with Crippen molar-refractivity contribution in [3.63, 3.8) is 0 Å². The topological polar surface area (TPSA) is 37.0 Å². The second-order valence-electron chi connectivity index (χ2n) is 6.79. The van der Waals surface area contributed by atoms with Gasteiger partial charge in [0.15, 0.2) is 0 Å². The van der Waals surface area contributed by atoms with Crippen molar-refractivity contribution < 1.29 is 0 Å². The van der Waals surface area contributed by atoms with Crippen LogP contribution in [-0.4, -0.2) is 4.98 Å². The average molecular weight is 281 g/mol. The third kappa shape index (κ3) is 3.14. The molecule has 2 atom stereocenters. The zero-order valence-corrected chi connectivity index (χ0v) is 12.9. The van der Waals surface area contributed by atoms with Gasteiger partial charge >= 0.3 is 0 Å². The molecule has 1 fully saturated rings. The van der Waals surface area contributed by atoms with Crippen LogP contribution in [0.1, 0.15) is 56.0 Å². The fraction of sp³-hybridized carbons (Fsp3) is 0.389. The molecule has 0 bridgehead atoms. The van der Waals surface area contributed by atoms with E-state index >= 15 is 0 Å². The van der Waals surface area contributed by atoms with Crippen molar-refractivity contribution in [2.24, 2.45) is 0 Å². The third-order valence-electron chi connectivity index (χ3n) is 4.17. The van der Waals surface area contributed by atoms with Crippen LogP contribution in [0.4, 0.5) is 0 Å². The Morgan fingerprint density at radius 3 is 2.19 bits per heavy atom. The monoisotopic (exact) mass is 281 g/mol. The molecule has 1 saturated heterocycles. The molecule has 2 aromatic rings. The smallest absolute Gasteiger partial charge is 0.0496 e. The zero-order chi connectivity index (χ0) is 14.9. The van der Waals surface area contributed by atoms with E-state index in [1.807, 2.05) is 18.5 Å². The van der Waals surface area contributed by atoms with Crippen LogP contribution in [0, 0.1) is 0 Å². The lowest BCUT2D eigenvalue weighted by atomic mass is 9.86. The summed E-state index contributed by atoms with van der Waals surface area (Å²) < 4.78 is 0. The molecule has 1 aromatic carbocycles. The van der Waals surface area contributed by atoms with Crippen LogP contribution in [0.5, 0.6) is 0 Å². The van der Waals surface area contributed by atoms with Crippen LogP contribution in [-0.2, 0) is 5.41 Å². The Bertz CT molecular complexity index is 584. The lowest BCUT2D eigenvalue weighted by Gasteiger charge is -2.20. The number of hydrogen-bond donors (Lipinski definition) is 2. The maximum Gasteiger partial charge on any atom is 0.0496 e. The van der Waals surface area contributed by atoms with Crippen molar-refractivity contribution in [1.29, 1.82) is 0 Å². The summed E-state index contributed by atoms with van der Waals surface area (Å²) in [5.41, 5.74) is 10.9. The summed E-state index contributed by atoms with van der Waals surface area (Å²) >= 11 is 0. The minimum Gasteiger partial charge on any atom is -0.264 e. The third-order valence-corrected chi connectivity index (χ3v) is 4.17. The van der Waals surface area contributed by atoms with E-state index in [2.05, 4.69) is 66.9 Å². The lowest BCUT2D eigenvalue weighted by molar-refractivity contribution is 0.553. The molecular weight excluding hydrogens is 258 g/mol. The van der Waals surface area contributed by atoms with Gasteiger partial charge in [0.05, 0.1) is 0 Å². The quantitative estimate of drug-likeness (QED) is 0.882. The summed E-state index contributed by atoms with van der Waals surface area (Å²) in [6, 6.07) is 13.8. The highest BCUT2D eigenvalue weighted by molar-refractivity contribution is 5.30. The second kappa shape index (κ2) is 5.58. The van der Waals surface area contributed by atoms with E-state index in [0.717, 1.165) is 6.42 Å². The number of hydrogen-bond acceptors (Lipinski definition) is 3. The normalized spacial score (nSPS) is 22.4. The largest absolute Gasteiger partial charge is 0.264 e. The Labute approximate surface area is 126 Å². The van der Waals surface area contributed by atoms with E-state index in [-0.39, 0.29) is 5.41 Å². The molecule has 3 rings (SSSR count). The molecule has 3 heteroatoms. The Hall–Kier alpha value is -1.71. The summed E-state index contributed by atoms with van der Waals surface area (Å²) in [6.07, 6.45) is 4.79. The van der Waals surface area contributed by atoms with Gasteiger partial charge in [0.1, 0.15) is 0 Å². The van der Waals surface area contributed by atoms with Gasteiger partial charge in [-0.05, 0) is 34.6 Å².